The van der Waals surface area contributed by atoms with Gasteiger partial charge in [0.05, 0.1) is 7.11 Å². The van der Waals surface area contributed by atoms with E-state index in [0.29, 0.717) is 18.1 Å². The molecule has 128 valence electrons. The first-order valence-corrected chi connectivity index (χ1v) is 9.10. The number of nitrogens with one attached hydrogen (secondary N) is 1. The summed E-state index contributed by atoms with van der Waals surface area (Å²) in [5.41, 5.74) is 0.670. The van der Waals surface area contributed by atoms with Crippen LogP contribution in [0.5, 0.6) is 0 Å². The van der Waals surface area contributed by atoms with Crippen LogP contribution >= 0.6 is 0 Å². The molecule has 1 aromatic rings. The molecule has 0 spiro atoms. The fraction of sp³-hybridized carbons (Fsp3) is 0.600. The van der Waals surface area contributed by atoms with Gasteiger partial charge in [-0.1, -0.05) is 49.6 Å². The second-order valence-electron chi connectivity index (χ2n) is 7.57. The summed E-state index contributed by atoms with van der Waals surface area (Å²) in [4.78, 5) is 25.1. The molecule has 4 rings (SSSR count). The SMILES string of the molecule is COC(=O)[C@H]1N[C@@H](C2CCCCC2)[C@H]2C(=O)C[C@@]12c1ccccc1. The zero-order chi connectivity index (χ0) is 16.7. The average molecular weight is 327 g/mol. The van der Waals surface area contributed by atoms with E-state index < -0.39 is 11.5 Å². The van der Waals surface area contributed by atoms with Crippen molar-refractivity contribution in [3.05, 3.63) is 35.9 Å². The Kier molecular flexibility index (Phi) is 3.95. The van der Waals surface area contributed by atoms with E-state index >= 15 is 0 Å². The van der Waals surface area contributed by atoms with Crippen LogP contribution in [0.25, 0.3) is 0 Å². The smallest absolute Gasteiger partial charge is 0.323 e. The molecule has 0 radical (unpaired) electrons. The maximum absolute atomic E-state index is 12.6. The lowest BCUT2D eigenvalue weighted by atomic mass is 9.52. The summed E-state index contributed by atoms with van der Waals surface area (Å²) in [6, 6.07) is 9.76. The van der Waals surface area contributed by atoms with Gasteiger partial charge in [-0.15, -0.1) is 0 Å². The Morgan fingerprint density at radius 2 is 1.88 bits per heavy atom. The summed E-state index contributed by atoms with van der Waals surface area (Å²) in [7, 11) is 1.44. The van der Waals surface area contributed by atoms with Crippen molar-refractivity contribution in [2.75, 3.05) is 7.11 Å². The number of benzene rings is 1. The number of methoxy groups -OCH3 is 1. The minimum atomic E-state index is -0.423. The number of esters is 1. The zero-order valence-electron chi connectivity index (χ0n) is 14.2. The number of hydrogen-bond acceptors (Lipinski definition) is 4. The highest BCUT2D eigenvalue weighted by molar-refractivity contribution is 5.97. The Morgan fingerprint density at radius 3 is 2.50 bits per heavy atom. The summed E-state index contributed by atoms with van der Waals surface area (Å²) in [6.45, 7) is 0. The molecule has 1 heterocycles. The van der Waals surface area contributed by atoms with Crippen molar-refractivity contribution in [2.45, 2.75) is 56.0 Å². The molecule has 2 aliphatic carbocycles. The Labute approximate surface area is 143 Å². The fourth-order valence-electron chi connectivity index (χ4n) is 5.40. The van der Waals surface area contributed by atoms with Crippen molar-refractivity contribution in [2.24, 2.45) is 11.8 Å². The monoisotopic (exact) mass is 327 g/mol. The van der Waals surface area contributed by atoms with E-state index in [1.807, 2.05) is 18.2 Å². The third kappa shape index (κ3) is 2.16. The van der Waals surface area contributed by atoms with Crippen molar-refractivity contribution in [1.29, 1.82) is 0 Å². The maximum Gasteiger partial charge on any atom is 0.323 e. The number of ether oxygens (including phenoxy) is 1. The predicted octanol–water partition coefficient (Wildman–Crippen LogP) is 2.61. The van der Waals surface area contributed by atoms with E-state index in [9.17, 15) is 9.59 Å². The minimum absolute atomic E-state index is 0.0906. The quantitative estimate of drug-likeness (QED) is 0.867. The molecule has 0 bridgehead atoms. The number of carbonyl (C=O) groups excluding carboxylic acids is 2. The van der Waals surface area contributed by atoms with Gasteiger partial charge in [0.2, 0.25) is 0 Å². The van der Waals surface area contributed by atoms with E-state index in [1.165, 1.54) is 26.4 Å². The molecule has 3 fully saturated rings. The summed E-state index contributed by atoms with van der Waals surface area (Å²) < 4.78 is 5.09. The summed E-state index contributed by atoms with van der Waals surface area (Å²) in [5, 5.41) is 3.55. The Balaban J connectivity index is 1.74. The molecule has 24 heavy (non-hydrogen) atoms. The fourth-order valence-corrected chi connectivity index (χ4v) is 5.40. The van der Waals surface area contributed by atoms with Gasteiger partial charge in [-0.05, 0) is 24.3 Å². The molecule has 1 N–H and O–H groups in total. The van der Waals surface area contributed by atoms with Gasteiger partial charge in [0, 0.05) is 23.8 Å². The third-order valence-electron chi connectivity index (χ3n) is 6.51. The second kappa shape index (κ2) is 5.99. The zero-order valence-corrected chi connectivity index (χ0v) is 14.2. The summed E-state index contributed by atoms with van der Waals surface area (Å²) in [5.74, 6) is 0.459. The van der Waals surface area contributed by atoms with E-state index in [1.54, 1.807) is 0 Å². The van der Waals surface area contributed by atoms with Gasteiger partial charge >= 0.3 is 5.97 Å². The van der Waals surface area contributed by atoms with Crippen LogP contribution in [0, 0.1) is 11.8 Å². The highest BCUT2D eigenvalue weighted by Crippen LogP contribution is 2.56. The topological polar surface area (TPSA) is 55.4 Å². The number of rotatable bonds is 3. The molecule has 1 saturated heterocycles. The molecule has 0 amide bonds. The maximum atomic E-state index is 12.6. The first-order chi connectivity index (χ1) is 11.7. The van der Waals surface area contributed by atoms with Gasteiger partial charge < -0.3 is 4.74 Å². The lowest BCUT2D eigenvalue weighted by Gasteiger charge is -2.48. The molecule has 4 nitrogen and oxygen atoms in total. The molecule has 0 aromatic heterocycles. The van der Waals surface area contributed by atoms with Crippen molar-refractivity contribution in [3.63, 3.8) is 0 Å². The molecular weight excluding hydrogens is 302 g/mol. The first kappa shape index (κ1) is 15.8. The number of fused-ring (bicyclic) bond motifs is 1. The van der Waals surface area contributed by atoms with Crippen LogP contribution in [0.3, 0.4) is 0 Å². The second-order valence-corrected chi connectivity index (χ2v) is 7.57. The molecule has 0 unspecified atom stereocenters. The van der Waals surface area contributed by atoms with E-state index in [2.05, 4.69) is 17.4 Å². The van der Waals surface area contributed by atoms with Crippen molar-refractivity contribution in [3.8, 4) is 0 Å². The Morgan fingerprint density at radius 1 is 1.17 bits per heavy atom. The molecule has 3 aliphatic rings. The average Bonchev–Trinajstić information content (AvgIpc) is 2.92. The minimum Gasteiger partial charge on any atom is -0.468 e. The van der Waals surface area contributed by atoms with Gasteiger partial charge in [-0.2, -0.15) is 0 Å². The van der Waals surface area contributed by atoms with E-state index in [-0.39, 0.29) is 17.9 Å². The van der Waals surface area contributed by atoms with Crippen molar-refractivity contribution < 1.29 is 14.3 Å². The highest BCUT2D eigenvalue weighted by Gasteiger charge is 2.69. The predicted molar refractivity (Wildman–Crippen MR) is 90.5 cm³/mol. The largest absolute Gasteiger partial charge is 0.468 e. The molecule has 4 atom stereocenters. The van der Waals surface area contributed by atoms with Gasteiger partial charge in [0.1, 0.15) is 11.8 Å². The molecule has 1 aliphatic heterocycles. The molecule has 4 heteroatoms. The van der Waals surface area contributed by atoms with Crippen LogP contribution in [0.15, 0.2) is 30.3 Å². The van der Waals surface area contributed by atoms with Crippen LogP contribution in [-0.4, -0.2) is 30.9 Å². The van der Waals surface area contributed by atoms with Gasteiger partial charge in [0.25, 0.3) is 0 Å². The lowest BCUT2D eigenvalue weighted by molar-refractivity contribution is -0.148. The molecular formula is C20H25NO3. The van der Waals surface area contributed by atoms with Crippen molar-refractivity contribution in [1.82, 2.24) is 5.32 Å². The number of Topliss-reactive ketones (excluding diaryl/α,β-unsaturated/α-hetero) is 1. The van der Waals surface area contributed by atoms with Crippen LogP contribution in [-0.2, 0) is 19.7 Å². The van der Waals surface area contributed by atoms with Crippen LogP contribution in [0.4, 0.5) is 0 Å². The number of ketones is 1. The van der Waals surface area contributed by atoms with Crippen LogP contribution in [0.2, 0.25) is 0 Å². The standard InChI is InChI=1S/C20H25NO3/c1-24-19(23)18-20(14-10-6-3-7-11-14)12-15(22)16(20)17(21-18)13-8-4-2-5-9-13/h3,6-7,10-11,13,16-18,21H,2,4-5,8-9,12H2,1H3/t16-,17+,18-,20+/m1/s1. The van der Waals surface area contributed by atoms with E-state index in [0.717, 1.165) is 18.4 Å². The normalized spacial score (nSPS) is 36.0. The molecule has 2 saturated carbocycles. The Bertz CT molecular complexity index is 638. The van der Waals surface area contributed by atoms with Crippen LogP contribution < -0.4 is 5.32 Å². The van der Waals surface area contributed by atoms with E-state index in [4.69, 9.17) is 4.74 Å². The van der Waals surface area contributed by atoms with Crippen LogP contribution in [0.1, 0.15) is 44.1 Å². The Hall–Kier alpha value is -1.68. The third-order valence-corrected chi connectivity index (χ3v) is 6.51. The molecule has 1 aromatic carbocycles. The van der Waals surface area contributed by atoms with Gasteiger partial charge in [-0.3, -0.25) is 14.9 Å². The highest BCUT2D eigenvalue weighted by atomic mass is 16.5. The summed E-state index contributed by atoms with van der Waals surface area (Å²) in [6.07, 6.45) is 6.49. The number of carbonyl (C=O) groups is 2. The van der Waals surface area contributed by atoms with Gasteiger partial charge in [0.15, 0.2) is 0 Å². The van der Waals surface area contributed by atoms with Crippen molar-refractivity contribution >= 4 is 11.8 Å². The lowest BCUT2D eigenvalue weighted by Crippen LogP contribution is -2.59. The first-order valence-electron chi connectivity index (χ1n) is 9.10. The number of hydrogen-bond donors (Lipinski definition) is 1. The van der Waals surface area contributed by atoms with Gasteiger partial charge in [-0.25, -0.2) is 0 Å². The summed E-state index contributed by atoms with van der Waals surface area (Å²) >= 11 is 0.